The molecule has 1 saturated carbocycles. The molecule has 7 rings (SSSR count). The molecule has 4 aromatic rings. The fourth-order valence-electron chi connectivity index (χ4n) is 6.29. The van der Waals surface area contributed by atoms with E-state index in [0.717, 1.165) is 59.7 Å². The number of nitrogens with two attached hydrogens (primary N) is 1. The van der Waals surface area contributed by atoms with E-state index in [-0.39, 0.29) is 23.6 Å². The van der Waals surface area contributed by atoms with Crippen molar-refractivity contribution in [2.45, 2.75) is 63.5 Å². The molecule has 1 saturated heterocycles. The molecule has 1 aliphatic carbocycles. The van der Waals surface area contributed by atoms with Crippen molar-refractivity contribution in [1.82, 2.24) is 19.4 Å². The number of carbonyl (C=O) groups excluding carboxylic acids is 1. The minimum Gasteiger partial charge on any atom is -0.490 e. The highest BCUT2D eigenvalue weighted by atomic mass is 19.4. The number of urea groups is 1. The molecule has 1 atom stereocenters. The largest absolute Gasteiger partial charge is 0.490 e. The van der Waals surface area contributed by atoms with Crippen molar-refractivity contribution in [2.75, 3.05) is 36.5 Å². The molecule has 45 heavy (non-hydrogen) atoms. The van der Waals surface area contributed by atoms with Gasteiger partial charge in [-0.15, -0.1) is 0 Å². The summed E-state index contributed by atoms with van der Waals surface area (Å²) in [7, 11) is 1.97. The molecule has 4 N–H and O–H groups in total. The summed E-state index contributed by atoms with van der Waals surface area (Å²) in [5.41, 5.74) is 9.26. The Morgan fingerprint density at radius 2 is 1.84 bits per heavy atom. The number of ether oxygens (including phenoxy) is 2. The summed E-state index contributed by atoms with van der Waals surface area (Å²) in [5.74, 6) is 0.654. The summed E-state index contributed by atoms with van der Waals surface area (Å²) in [6.45, 7) is 3.45. The summed E-state index contributed by atoms with van der Waals surface area (Å²) in [4.78, 5) is 23.9. The number of hydrogen-bond donors (Lipinski definition) is 3. The number of halogens is 3. The number of nitrogens with zero attached hydrogens (tertiary/aromatic N) is 4. The number of piperidine rings is 1. The van der Waals surface area contributed by atoms with Crippen molar-refractivity contribution < 1.29 is 27.4 Å². The highest BCUT2D eigenvalue weighted by molar-refractivity contribution is 6.04. The van der Waals surface area contributed by atoms with E-state index in [1.165, 1.54) is 18.5 Å². The summed E-state index contributed by atoms with van der Waals surface area (Å²) >= 11 is 0. The number of fused-ring (bicyclic) bond motifs is 2. The first kappa shape index (κ1) is 29.2. The van der Waals surface area contributed by atoms with Crippen LogP contribution in [0.2, 0.25) is 0 Å². The third-order valence-corrected chi connectivity index (χ3v) is 8.69. The maximum Gasteiger partial charge on any atom is 0.420 e. The Balaban J connectivity index is 1.14. The number of nitrogen functional groups attached to an aromatic ring is 1. The van der Waals surface area contributed by atoms with E-state index in [1.54, 1.807) is 6.07 Å². The number of benzene rings is 2. The van der Waals surface area contributed by atoms with Gasteiger partial charge in [0.25, 0.3) is 0 Å². The predicted octanol–water partition coefficient (Wildman–Crippen LogP) is 6.47. The van der Waals surface area contributed by atoms with Crippen molar-refractivity contribution in [1.29, 1.82) is 0 Å². The van der Waals surface area contributed by atoms with Crippen molar-refractivity contribution in [2.24, 2.45) is 0 Å². The molecule has 2 aromatic heterocycles. The molecule has 2 amide bonds. The maximum absolute atomic E-state index is 14.0. The van der Waals surface area contributed by atoms with Gasteiger partial charge in [0.15, 0.2) is 0 Å². The van der Waals surface area contributed by atoms with E-state index in [2.05, 4.69) is 36.3 Å². The number of aromatic nitrogens is 3. The zero-order chi connectivity index (χ0) is 31.5. The predicted molar refractivity (Wildman–Crippen MR) is 165 cm³/mol. The van der Waals surface area contributed by atoms with Crippen LogP contribution >= 0.6 is 0 Å². The Labute approximate surface area is 257 Å². The monoisotopic (exact) mass is 621 g/mol. The topological polar surface area (TPSA) is 120 Å². The van der Waals surface area contributed by atoms with E-state index in [1.807, 2.05) is 20.0 Å². The first-order valence-corrected chi connectivity index (χ1v) is 15.1. The van der Waals surface area contributed by atoms with Crippen molar-refractivity contribution in [3.63, 3.8) is 0 Å². The number of likely N-dealkylation sites (tertiary alicyclic amines) is 1. The van der Waals surface area contributed by atoms with Gasteiger partial charge in [0.2, 0.25) is 0 Å². The first-order valence-electron chi connectivity index (χ1n) is 15.1. The van der Waals surface area contributed by atoms with Crippen LogP contribution in [0.5, 0.6) is 11.5 Å². The lowest BCUT2D eigenvalue weighted by molar-refractivity contribution is -0.139. The number of nitrogens with one attached hydrogen (secondary N) is 2. The van der Waals surface area contributed by atoms with Gasteiger partial charge in [0.05, 0.1) is 16.6 Å². The number of carbonyl (C=O) groups is 1. The van der Waals surface area contributed by atoms with Gasteiger partial charge in [-0.3, -0.25) is 0 Å². The average molecular weight is 622 g/mol. The van der Waals surface area contributed by atoms with Crippen LogP contribution < -0.4 is 25.8 Å². The molecule has 0 spiro atoms. The van der Waals surface area contributed by atoms with Crippen LogP contribution in [-0.2, 0) is 12.6 Å². The SMILES string of the molecule is CC1Cc2c(-c3cn(C4CC4)c4ncnc(N)c34)ccc(NC(=O)Nc3ccc(OC4CCN(C)CC4)c(C(F)(F)F)c3)c2O1. The summed E-state index contributed by atoms with van der Waals surface area (Å²) in [6, 6.07) is 6.87. The van der Waals surface area contributed by atoms with Crippen LogP contribution in [0, 0.1) is 0 Å². The molecular formula is C32H34F3N7O3. The third-order valence-electron chi connectivity index (χ3n) is 8.69. The van der Waals surface area contributed by atoms with Crippen LogP contribution in [0.3, 0.4) is 0 Å². The summed E-state index contributed by atoms with van der Waals surface area (Å²) in [6.07, 6.45) is 2.44. The number of hydrogen-bond acceptors (Lipinski definition) is 7. The molecule has 236 valence electrons. The Kier molecular flexibility index (Phi) is 7.22. The van der Waals surface area contributed by atoms with Crippen LogP contribution in [0.4, 0.5) is 35.2 Å². The van der Waals surface area contributed by atoms with Crippen molar-refractivity contribution in [3.05, 3.63) is 54.0 Å². The Morgan fingerprint density at radius 3 is 2.58 bits per heavy atom. The molecular weight excluding hydrogens is 587 g/mol. The number of amides is 2. The number of alkyl halides is 3. The van der Waals surface area contributed by atoms with E-state index in [4.69, 9.17) is 15.2 Å². The Bertz CT molecular complexity index is 1780. The lowest BCUT2D eigenvalue weighted by Gasteiger charge is -2.30. The van der Waals surface area contributed by atoms with E-state index < -0.39 is 17.8 Å². The van der Waals surface area contributed by atoms with Crippen LogP contribution in [0.1, 0.15) is 49.8 Å². The molecule has 4 heterocycles. The maximum atomic E-state index is 14.0. The standard InChI is InChI=1S/C32H34F3N7O3/c1-17-13-22-21(23-15-42(19-4-5-19)30-27(23)29(36)37-16-38-30)6-7-25(28(22)44-17)40-31(43)39-18-3-8-26(24(14-18)32(33,34)35)45-20-9-11-41(2)12-10-20/h3,6-8,14-17,19-20H,4-5,9-13H2,1-2H3,(H2,36,37,38)(H2,39,40,43). The molecule has 10 nitrogen and oxygen atoms in total. The van der Waals surface area contributed by atoms with Gasteiger partial charge >= 0.3 is 12.2 Å². The second-order valence-electron chi connectivity index (χ2n) is 12.1. The molecule has 2 aliphatic heterocycles. The Hall–Kier alpha value is -4.52. The first-order chi connectivity index (χ1) is 21.5. The molecule has 1 unspecified atom stereocenters. The zero-order valence-corrected chi connectivity index (χ0v) is 24.9. The van der Waals surface area contributed by atoms with Crippen LogP contribution in [0.25, 0.3) is 22.2 Å². The van der Waals surface area contributed by atoms with Gasteiger partial charge in [0.1, 0.15) is 41.5 Å². The summed E-state index contributed by atoms with van der Waals surface area (Å²) < 4.78 is 56.1. The van der Waals surface area contributed by atoms with Gasteiger partial charge in [-0.1, -0.05) is 6.07 Å². The quantitative estimate of drug-likeness (QED) is 0.226. The molecule has 0 radical (unpaired) electrons. The fraction of sp³-hybridized carbons (Fsp3) is 0.406. The van der Waals surface area contributed by atoms with Gasteiger partial charge in [0, 0.05) is 48.6 Å². The summed E-state index contributed by atoms with van der Waals surface area (Å²) in [5, 5.41) is 6.08. The number of rotatable bonds is 6. The zero-order valence-electron chi connectivity index (χ0n) is 24.9. The van der Waals surface area contributed by atoms with Gasteiger partial charge < -0.3 is 35.3 Å². The molecule has 3 aliphatic rings. The highest BCUT2D eigenvalue weighted by Gasteiger charge is 2.36. The van der Waals surface area contributed by atoms with E-state index in [0.29, 0.717) is 42.6 Å². The van der Waals surface area contributed by atoms with Crippen molar-refractivity contribution >= 4 is 34.3 Å². The molecule has 13 heteroatoms. The van der Waals surface area contributed by atoms with Gasteiger partial charge in [-0.25, -0.2) is 14.8 Å². The van der Waals surface area contributed by atoms with Crippen LogP contribution in [0.15, 0.2) is 42.9 Å². The number of anilines is 3. The smallest absolute Gasteiger partial charge is 0.420 e. The van der Waals surface area contributed by atoms with Gasteiger partial charge in [-0.05, 0) is 69.5 Å². The van der Waals surface area contributed by atoms with Crippen LogP contribution in [-0.4, -0.2) is 57.8 Å². The van der Waals surface area contributed by atoms with E-state index >= 15 is 0 Å². The average Bonchev–Trinajstić information content (AvgIpc) is 3.64. The van der Waals surface area contributed by atoms with Crippen molar-refractivity contribution in [3.8, 4) is 22.6 Å². The third kappa shape index (κ3) is 5.72. The molecule has 0 bridgehead atoms. The van der Waals surface area contributed by atoms with Gasteiger partial charge in [-0.2, -0.15) is 13.2 Å². The second kappa shape index (κ2) is 11.1. The fourth-order valence-corrected chi connectivity index (χ4v) is 6.29. The lowest BCUT2D eigenvalue weighted by Crippen LogP contribution is -2.36. The second-order valence-corrected chi connectivity index (χ2v) is 12.1. The Morgan fingerprint density at radius 1 is 1.07 bits per heavy atom. The normalized spacial score (nSPS) is 18.9. The highest BCUT2D eigenvalue weighted by Crippen LogP contribution is 2.47. The van der Waals surface area contributed by atoms with E-state index in [9.17, 15) is 18.0 Å². The molecule has 2 fully saturated rings. The minimum absolute atomic E-state index is 0.0125. The minimum atomic E-state index is -4.66. The lowest BCUT2D eigenvalue weighted by atomic mass is 9.96. The molecule has 2 aromatic carbocycles.